The van der Waals surface area contributed by atoms with Gasteiger partial charge in [0.05, 0.1) is 24.4 Å². The third-order valence-electron chi connectivity index (χ3n) is 3.36. The number of rotatable bonds is 6. The highest BCUT2D eigenvalue weighted by atomic mass is 19.1. The van der Waals surface area contributed by atoms with Crippen LogP contribution in [0.15, 0.2) is 47.9 Å². The number of benzene rings is 1. The fourth-order valence-corrected chi connectivity index (χ4v) is 2.07. The van der Waals surface area contributed by atoms with Crippen molar-refractivity contribution in [2.45, 2.75) is 6.42 Å². The molecule has 0 aromatic heterocycles. The largest absolute Gasteiger partial charge is 0.505 e. The summed E-state index contributed by atoms with van der Waals surface area (Å²) in [5.74, 6) is -0.260. The summed E-state index contributed by atoms with van der Waals surface area (Å²) in [5.41, 5.74) is 0.762. The summed E-state index contributed by atoms with van der Waals surface area (Å²) in [6.07, 6.45) is 0.576. The van der Waals surface area contributed by atoms with Crippen LogP contribution in [-0.4, -0.2) is 42.7 Å². The molecule has 1 aromatic carbocycles. The van der Waals surface area contributed by atoms with Gasteiger partial charge in [-0.15, -0.1) is 0 Å². The van der Waals surface area contributed by atoms with Crippen molar-refractivity contribution in [2.24, 2.45) is 0 Å². The predicted molar refractivity (Wildman–Crippen MR) is 80.9 cm³/mol. The van der Waals surface area contributed by atoms with Crippen LogP contribution in [0.3, 0.4) is 0 Å². The highest BCUT2D eigenvalue weighted by molar-refractivity contribution is 5.95. The highest BCUT2D eigenvalue weighted by Gasteiger charge is 2.26. The molecule has 118 valence electrons. The minimum atomic E-state index is -0.348. The van der Waals surface area contributed by atoms with Gasteiger partial charge < -0.3 is 20.1 Å². The fourth-order valence-electron chi connectivity index (χ4n) is 2.07. The van der Waals surface area contributed by atoms with Crippen LogP contribution >= 0.6 is 0 Å². The maximum Gasteiger partial charge on any atom is 0.252 e. The van der Waals surface area contributed by atoms with Gasteiger partial charge in [0.25, 0.3) is 5.91 Å². The number of hydrogen-bond acceptors (Lipinski definition) is 4. The number of amides is 1. The first-order valence-corrected chi connectivity index (χ1v) is 6.98. The van der Waals surface area contributed by atoms with Crippen LogP contribution in [-0.2, 0) is 4.79 Å². The molecule has 0 aliphatic carbocycles. The van der Waals surface area contributed by atoms with Gasteiger partial charge in [0.15, 0.2) is 0 Å². The van der Waals surface area contributed by atoms with Crippen molar-refractivity contribution in [2.75, 3.05) is 26.7 Å². The average Bonchev–Trinajstić information content (AvgIpc) is 2.74. The maximum absolute atomic E-state index is 12.9. The molecule has 1 aromatic rings. The Bertz CT molecular complexity index is 613. The van der Waals surface area contributed by atoms with Crippen molar-refractivity contribution < 1.29 is 19.0 Å². The number of nitrogens with one attached hydrogen (secondary N) is 1. The van der Waals surface area contributed by atoms with E-state index in [0.717, 1.165) is 0 Å². The molecule has 0 radical (unpaired) electrons. The molecule has 6 heteroatoms. The van der Waals surface area contributed by atoms with Crippen LogP contribution in [0, 0.1) is 5.82 Å². The summed E-state index contributed by atoms with van der Waals surface area (Å²) in [5, 5.41) is 12.5. The zero-order valence-corrected chi connectivity index (χ0v) is 12.4. The topological polar surface area (TPSA) is 61.8 Å². The van der Waals surface area contributed by atoms with E-state index >= 15 is 0 Å². The van der Waals surface area contributed by atoms with E-state index in [2.05, 4.69) is 11.9 Å². The Labute approximate surface area is 128 Å². The molecule has 0 unspecified atom stereocenters. The number of aliphatic hydroxyl groups excluding tert-OH is 1. The number of likely N-dealkylation sites (N-methyl/N-ethyl adjacent to an activating group) is 1. The Kier molecular flexibility index (Phi) is 5.04. The summed E-state index contributed by atoms with van der Waals surface area (Å²) in [6.45, 7) is 4.80. The molecule has 1 aliphatic heterocycles. The van der Waals surface area contributed by atoms with Crippen LogP contribution in [0.4, 0.5) is 4.39 Å². The molecule has 2 rings (SSSR count). The van der Waals surface area contributed by atoms with E-state index in [-0.39, 0.29) is 17.5 Å². The first kappa shape index (κ1) is 15.9. The van der Waals surface area contributed by atoms with Crippen LogP contribution in [0.25, 0.3) is 0 Å². The van der Waals surface area contributed by atoms with Gasteiger partial charge in [-0.1, -0.05) is 12.6 Å². The van der Waals surface area contributed by atoms with Crippen molar-refractivity contribution in [1.82, 2.24) is 10.2 Å². The van der Waals surface area contributed by atoms with Gasteiger partial charge in [-0.05, 0) is 18.6 Å². The van der Waals surface area contributed by atoms with E-state index in [1.54, 1.807) is 24.1 Å². The Balaban J connectivity index is 1.71. The lowest BCUT2D eigenvalue weighted by molar-refractivity contribution is -0.117. The summed E-state index contributed by atoms with van der Waals surface area (Å²) >= 11 is 0. The SMILES string of the molecule is C=C1C(O)=C(C(=O)NCCCOc2cccc(F)c2)CN1C. The number of ether oxygens (including phenoxy) is 1. The lowest BCUT2D eigenvalue weighted by Crippen LogP contribution is -2.29. The monoisotopic (exact) mass is 306 g/mol. The molecule has 0 saturated carbocycles. The fraction of sp³-hybridized carbons (Fsp3) is 0.312. The molecule has 0 fully saturated rings. The minimum absolute atomic E-state index is 0.0592. The van der Waals surface area contributed by atoms with E-state index in [9.17, 15) is 14.3 Å². The predicted octanol–water partition coefficient (Wildman–Crippen LogP) is 1.98. The summed E-state index contributed by atoms with van der Waals surface area (Å²) in [7, 11) is 1.76. The minimum Gasteiger partial charge on any atom is -0.505 e. The number of aliphatic hydroxyl groups is 1. The summed E-state index contributed by atoms with van der Waals surface area (Å²) in [4.78, 5) is 13.6. The molecular formula is C16H19FN2O3. The normalized spacial score (nSPS) is 14.5. The first-order valence-electron chi connectivity index (χ1n) is 6.98. The average molecular weight is 306 g/mol. The van der Waals surface area contributed by atoms with Gasteiger partial charge >= 0.3 is 0 Å². The number of nitrogens with zero attached hydrogens (tertiary/aromatic N) is 1. The molecule has 22 heavy (non-hydrogen) atoms. The Hall–Kier alpha value is -2.50. The number of carbonyl (C=O) groups is 1. The van der Waals surface area contributed by atoms with Gasteiger partial charge in [0.1, 0.15) is 17.3 Å². The second kappa shape index (κ2) is 6.98. The van der Waals surface area contributed by atoms with E-state index < -0.39 is 0 Å². The molecule has 0 saturated heterocycles. The smallest absolute Gasteiger partial charge is 0.252 e. The van der Waals surface area contributed by atoms with Gasteiger partial charge in [0.2, 0.25) is 0 Å². The standard InChI is InChI=1S/C16H19FN2O3/c1-11-15(20)14(10-19(11)2)16(21)18-7-4-8-22-13-6-3-5-12(17)9-13/h3,5-6,9,20H,1,4,7-8,10H2,2H3,(H,18,21). The van der Waals surface area contributed by atoms with E-state index in [4.69, 9.17) is 4.74 Å². The Morgan fingerprint density at radius 2 is 2.32 bits per heavy atom. The van der Waals surface area contributed by atoms with Gasteiger partial charge in [-0.2, -0.15) is 0 Å². The van der Waals surface area contributed by atoms with Crippen LogP contribution in [0.1, 0.15) is 6.42 Å². The second-order valence-corrected chi connectivity index (χ2v) is 5.05. The van der Waals surface area contributed by atoms with E-state index in [1.165, 1.54) is 12.1 Å². The lowest BCUT2D eigenvalue weighted by atomic mass is 10.2. The molecule has 0 atom stereocenters. The van der Waals surface area contributed by atoms with Crippen molar-refractivity contribution in [1.29, 1.82) is 0 Å². The zero-order chi connectivity index (χ0) is 16.1. The molecular weight excluding hydrogens is 287 g/mol. The molecule has 0 spiro atoms. The zero-order valence-electron chi connectivity index (χ0n) is 12.4. The first-order chi connectivity index (χ1) is 10.5. The summed E-state index contributed by atoms with van der Waals surface area (Å²) in [6, 6.07) is 5.90. The highest BCUT2D eigenvalue weighted by Crippen LogP contribution is 2.22. The van der Waals surface area contributed by atoms with Crippen molar-refractivity contribution in [3.63, 3.8) is 0 Å². The van der Waals surface area contributed by atoms with E-state index in [1.807, 2.05) is 0 Å². The van der Waals surface area contributed by atoms with Gasteiger partial charge in [-0.3, -0.25) is 4.79 Å². The Morgan fingerprint density at radius 1 is 1.55 bits per heavy atom. The van der Waals surface area contributed by atoms with Crippen molar-refractivity contribution in [3.05, 3.63) is 53.7 Å². The molecule has 1 aliphatic rings. The number of carbonyl (C=O) groups excluding carboxylic acids is 1. The van der Waals surface area contributed by atoms with Gasteiger partial charge in [0, 0.05) is 19.7 Å². The molecule has 5 nitrogen and oxygen atoms in total. The van der Waals surface area contributed by atoms with Gasteiger partial charge in [-0.25, -0.2) is 4.39 Å². The maximum atomic E-state index is 12.9. The third kappa shape index (κ3) is 3.78. The van der Waals surface area contributed by atoms with Crippen molar-refractivity contribution >= 4 is 5.91 Å². The second-order valence-electron chi connectivity index (χ2n) is 5.05. The number of hydrogen-bond donors (Lipinski definition) is 2. The lowest BCUT2D eigenvalue weighted by Gasteiger charge is -2.11. The van der Waals surface area contributed by atoms with Crippen LogP contribution in [0.5, 0.6) is 5.75 Å². The number of halogens is 1. The van der Waals surface area contributed by atoms with Crippen LogP contribution in [0.2, 0.25) is 0 Å². The summed E-state index contributed by atoms with van der Waals surface area (Å²) < 4.78 is 18.3. The molecule has 2 N–H and O–H groups in total. The quantitative estimate of drug-likeness (QED) is 0.789. The molecule has 1 heterocycles. The molecule has 1 amide bonds. The third-order valence-corrected chi connectivity index (χ3v) is 3.36. The Morgan fingerprint density at radius 3 is 2.95 bits per heavy atom. The van der Waals surface area contributed by atoms with E-state index in [0.29, 0.717) is 43.1 Å². The van der Waals surface area contributed by atoms with Crippen molar-refractivity contribution in [3.8, 4) is 5.75 Å². The molecule has 0 bridgehead atoms. The van der Waals surface area contributed by atoms with Crippen LogP contribution < -0.4 is 10.1 Å².